The first-order valence-corrected chi connectivity index (χ1v) is 5.94. The Bertz CT molecular complexity index is 310. The standard InChI is InChI=1S/C7H14N2O3S/c1-5(2)8-7(10)6-4-9(6)13(3,11)12/h5-6H,4H2,1-3H3,(H,8,10). The van der Waals surface area contributed by atoms with Gasteiger partial charge in [0.25, 0.3) is 0 Å². The third kappa shape index (κ3) is 2.67. The second kappa shape index (κ2) is 3.26. The largest absolute Gasteiger partial charge is 0.352 e. The van der Waals surface area contributed by atoms with Crippen LogP contribution in [-0.2, 0) is 14.8 Å². The maximum Gasteiger partial charge on any atom is 0.240 e. The van der Waals surface area contributed by atoms with Crippen molar-refractivity contribution in [1.82, 2.24) is 9.62 Å². The lowest BCUT2D eigenvalue weighted by molar-refractivity contribution is -0.121. The van der Waals surface area contributed by atoms with Crippen molar-refractivity contribution < 1.29 is 13.2 Å². The van der Waals surface area contributed by atoms with E-state index in [2.05, 4.69) is 5.32 Å². The minimum atomic E-state index is -3.19. The van der Waals surface area contributed by atoms with Gasteiger partial charge in [-0.15, -0.1) is 0 Å². The zero-order chi connectivity index (χ0) is 10.2. The topological polar surface area (TPSA) is 66.2 Å². The molecule has 0 spiro atoms. The van der Waals surface area contributed by atoms with E-state index < -0.39 is 16.1 Å². The number of rotatable bonds is 3. The van der Waals surface area contributed by atoms with Gasteiger partial charge in [-0.3, -0.25) is 4.79 Å². The van der Waals surface area contributed by atoms with Crippen LogP contribution in [0.25, 0.3) is 0 Å². The van der Waals surface area contributed by atoms with Gasteiger partial charge in [0.05, 0.1) is 6.26 Å². The Morgan fingerprint density at radius 3 is 2.38 bits per heavy atom. The summed E-state index contributed by atoms with van der Waals surface area (Å²) in [5.41, 5.74) is 0. The number of sulfonamides is 1. The van der Waals surface area contributed by atoms with Crippen LogP contribution in [0.4, 0.5) is 0 Å². The molecule has 1 amide bonds. The maximum atomic E-state index is 11.3. The summed E-state index contributed by atoms with van der Waals surface area (Å²) in [5.74, 6) is -0.208. The van der Waals surface area contributed by atoms with E-state index in [0.717, 1.165) is 6.26 Å². The summed E-state index contributed by atoms with van der Waals surface area (Å²) < 4.78 is 23.1. The smallest absolute Gasteiger partial charge is 0.240 e. The summed E-state index contributed by atoms with van der Waals surface area (Å²) in [6.07, 6.45) is 1.11. The van der Waals surface area contributed by atoms with Gasteiger partial charge in [0.1, 0.15) is 6.04 Å². The molecule has 76 valence electrons. The van der Waals surface area contributed by atoms with Crippen LogP contribution in [0.15, 0.2) is 0 Å². The molecule has 1 aliphatic heterocycles. The summed E-state index contributed by atoms with van der Waals surface area (Å²) >= 11 is 0. The highest BCUT2D eigenvalue weighted by molar-refractivity contribution is 7.88. The van der Waals surface area contributed by atoms with Gasteiger partial charge in [-0.1, -0.05) is 0 Å². The van der Waals surface area contributed by atoms with E-state index in [0.29, 0.717) is 6.54 Å². The average molecular weight is 206 g/mol. The summed E-state index contributed by atoms with van der Waals surface area (Å²) in [6, 6.07) is -0.424. The Kier molecular flexibility index (Phi) is 2.63. The van der Waals surface area contributed by atoms with Gasteiger partial charge in [-0.25, -0.2) is 8.42 Å². The molecule has 5 nitrogen and oxygen atoms in total. The number of hydrogen-bond donors (Lipinski definition) is 1. The van der Waals surface area contributed by atoms with Crippen LogP contribution in [0.1, 0.15) is 13.8 Å². The Labute approximate surface area is 78.2 Å². The van der Waals surface area contributed by atoms with Gasteiger partial charge in [0.2, 0.25) is 15.9 Å². The molecule has 0 saturated carbocycles. The fourth-order valence-corrected chi connectivity index (χ4v) is 2.05. The van der Waals surface area contributed by atoms with Crippen LogP contribution >= 0.6 is 0 Å². The molecule has 1 heterocycles. The molecule has 0 aromatic rings. The molecular formula is C7H14N2O3S. The summed E-state index contributed by atoms with van der Waals surface area (Å²) in [5, 5.41) is 2.66. The third-order valence-electron chi connectivity index (χ3n) is 1.73. The van der Waals surface area contributed by atoms with E-state index in [1.165, 1.54) is 4.31 Å². The lowest BCUT2D eigenvalue weighted by Crippen LogP contribution is -2.35. The molecule has 13 heavy (non-hydrogen) atoms. The number of nitrogens with one attached hydrogen (secondary N) is 1. The summed E-state index contributed by atoms with van der Waals surface area (Å²) in [7, 11) is -3.19. The molecule has 2 unspecified atom stereocenters. The highest BCUT2D eigenvalue weighted by Gasteiger charge is 2.46. The third-order valence-corrected chi connectivity index (χ3v) is 2.98. The van der Waals surface area contributed by atoms with Crippen molar-refractivity contribution >= 4 is 15.9 Å². The Morgan fingerprint density at radius 2 is 2.08 bits per heavy atom. The zero-order valence-corrected chi connectivity index (χ0v) is 8.76. The lowest BCUT2D eigenvalue weighted by Gasteiger charge is -2.07. The molecule has 0 radical (unpaired) electrons. The Balaban J connectivity index is 2.48. The number of carbonyl (C=O) groups is 1. The monoisotopic (exact) mass is 206 g/mol. The number of nitrogens with zero attached hydrogens (tertiary/aromatic N) is 1. The highest BCUT2D eigenvalue weighted by Crippen LogP contribution is 2.21. The SMILES string of the molecule is CC(C)NC(=O)C1CN1S(C)(=O)=O. The number of carbonyl (C=O) groups excluding carboxylic acids is 1. The van der Waals surface area contributed by atoms with Crippen molar-refractivity contribution in [3.63, 3.8) is 0 Å². The molecular weight excluding hydrogens is 192 g/mol. The second-order valence-corrected chi connectivity index (χ2v) is 5.45. The van der Waals surface area contributed by atoms with E-state index in [1.54, 1.807) is 0 Å². The van der Waals surface area contributed by atoms with Crippen LogP contribution < -0.4 is 5.32 Å². The number of hydrogen-bond acceptors (Lipinski definition) is 3. The van der Waals surface area contributed by atoms with E-state index in [9.17, 15) is 13.2 Å². The second-order valence-electron chi connectivity index (χ2n) is 3.51. The first-order valence-electron chi connectivity index (χ1n) is 4.09. The van der Waals surface area contributed by atoms with Gasteiger partial charge >= 0.3 is 0 Å². The molecule has 1 N–H and O–H groups in total. The predicted molar refractivity (Wildman–Crippen MR) is 48.6 cm³/mol. The molecule has 0 aliphatic carbocycles. The predicted octanol–water partition coefficient (Wildman–Crippen LogP) is -0.845. The molecule has 6 heteroatoms. The molecule has 0 aromatic heterocycles. The first-order chi connectivity index (χ1) is 5.82. The van der Waals surface area contributed by atoms with Gasteiger partial charge in [-0.2, -0.15) is 4.31 Å². The van der Waals surface area contributed by atoms with Gasteiger partial charge in [-0.05, 0) is 13.8 Å². The van der Waals surface area contributed by atoms with Crippen molar-refractivity contribution in [2.24, 2.45) is 0 Å². The van der Waals surface area contributed by atoms with E-state index in [1.807, 2.05) is 13.8 Å². The summed E-state index contributed by atoms with van der Waals surface area (Å²) in [6.45, 7) is 3.99. The molecule has 0 aromatic carbocycles. The molecule has 0 bridgehead atoms. The van der Waals surface area contributed by atoms with Crippen LogP contribution in [-0.4, -0.2) is 43.5 Å². The van der Waals surface area contributed by atoms with Crippen LogP contribution in [0.5, 0.6) is 0 Å². The van der Waals surface area contributed by atoms with E-state index >= 15 is 0 Å². The van der Waals surface area contributed by atoms with Crippen molar-refractivity contribution in [2.75, 3.05) is 12.8 Å². The Morgan fingerprint density at radius 1 is 1.54 bits per heavy atom. The number of amides is 1. The van der Waals surface area contributed by atoms with Crippen molar-refractivity contribution in [2.45, 2.75) is 25.9 Å². The normalized spacial score (nSPS) is 27.4. The van der Waals surface area contributed by atoms with Gasteiger partial charge in [0, 0.05) is 12.6 Å². The summed E-state index contributed by atoms with van der Waals surface area (Å²) in [4.78, 5) is 11.3. The molecule has 1 saturated heterocycles. The maximum absolute atomic E-state index is 11.3. The fraction of sp³-hybridized carbons (Fsp3) is 0.857. The highest BCUT2D eigenvalue weighted by atomic mass is 32.2. The van der Waals surface area contributed by atoms with Crippen molar-refractivity contribution in [1.29, 1.82) is 0 Å². The van der Waals surface area contributed by atoms with Crippen LogP contribution in [0.2, 0.25) is 0 Å². The molecule has 1 fully saturated rings. The minimum absolute atomic E-state index is 0.0505. The molecule has 1 aliphatic rings. The lowest BCUT2D eigenvalue weighted by atomic mass is 10.3. The van der Waals surface area contributed by atoms with Crippen molar-refractivity contribution in [3.8, 4) is 0 Å². The van der Waals surface area contributed by atoms with Crippen LogP contribution in [0.3, 0.4) is 0 Å². The van der Waals surface area contributed by atoms with Crippen LogP contribution in [0, 0.1) is 0 Å². The van der Waals surface area contributed by atoms with Gasteiger partial charge < -0.3 is 5.32 Å². The molecule has 1 rings (SSSR count). The molecule has 2 atom stereocenters. The van der Waals surface area contributed by atoms with E-state index in [4.69, 9.17) is 0 Å². The zero-order valence-electron chi connectivity index (χ0n) is 7.94. The van der Waals surface area contributed by atoms with Crippen molar-refractivity contribution in [3.05, 3.63) is 0 Å². The Hall–Kier alpha value is -0.620. The fourth-order valence-electron chi connectivity index (χ4n) is 1.08. The minimum Gasteiger partial charge on any atom is -0.352 e. The van der Waals surface area contributed by atoms with Gasteiger partial charge in [0.15, 0.2) is 0 Å². The van der Waals surface area contributed by atoms with E-state index in [-0.39, 0.29) is 11.9 Å². The average Bonchev–Trinajstić information content (AvgIpc) is 2.59. The quantitative estimate of drug-likeness (QED) is 0.612. The first kappa shape index (κ1) is 10.5.